The van der Waals surface area contributed by atoms with Crippen molar-refractivity contribution >= 4 is 11.3 Å². The Kier molecular flexibility index (Phi) is 5.20. The molecule has 0 aromatic carbocycles. The molecule has 0 atom stereocenters. The van der Waals surface area contributed by atoms with Crippen molar-refractivity contribution in [2.75, 3.05) is 27.4 Å². The molecule has 2 rings (SSSR count). The van der Waals surface area contributed by atoms with Gasteiger partial charge in [-0.05, 0) is 12.1 Å². The lowest BCUT2D eigenvalue weighted by Gasteiger charge is -2.02. The number of nitrogens with zero attached hydrogens (tertiary/aromatic N) is 3. The quantitative estimate of drug-likeness (QED) is 0.772. The fourth-order valence-electron chi connectivity index (χ4n) is 1.52. The van der Waals surface area contributed by atoms with Gasteiger partial charge in [-0.25, -0.2) is 4.98 Å². The molecule has 102 valence electrons. The van der Waals surface area contributed by atoms with Gasteiger partial charge in [-0.2, -0.15) is 0 Å². The summed E-state index contributed by atoms with van der Waals surface area (Å²) in [7, 11) is 3.28. The van der Waals surface area contributed by atoms with Crippen LogP contribution in [0.3, 0.4) is 0 Å². The summed E-state index contributed by atoms with van der Waals surface area (Å²) < 4.78 is 10.2. The van der Waals surface area contributed by atoms with Crippen LogP contribution in [0.1, 0.15) is 5.01 Å². The molecule has 2 aromatic rings. The Balaban J connectivity index is 2.04. The molecule has 19 heavy (non-hydrogen) atoms. The SMILES string of the molecule is COCCNCc1nnc(-c2cccnc2OC)s1. The van der Waals surface area contributed by atoms with Crippen LogP contribution in [0, 0.1) is 0 Å². The first-order valence-corrected chi connectivity index (χ1v) is 6.68. The van der Waals surface area contributed by atoms with E-state index in [9.17, 15) is 0 Å². The van der Waals surface area contributed by atoms with Crippen molar-refractivity contribution in [3.63, 3.8) is 0 Å². The molecule has 7 heteroatoms. The Morgan fingerprint density at radius 3 is 3.00 bits per heavy atom. The summed E-state index contributed by atoms with van der Waals surface area (Å²) in [5.41, 5.74) is 0.866. The second kappa shape index (κ2) is 7.13. The van der Waals surface area contributed by atoms with E-state index in [0.717, 1.165) is 22.1 Å². The van der Waals surface area contributed by atoms with Gasteiger partial charge in [0.05, 0.1) is 19.3 Å². The second-order valence-corrected chi connectivity index (χ2v) is 4.79. The average Bonchev–Trinajstić information content (AvgIpc) is 2.92. The van der Waals surface area contributed by atoms with Crippen LogP contribution in [-0.2, 0) is 11.3 Å². The summed E-state index contributed by atoms with van der Waals surface area (Å²) in [5, 5.41) is 13.3. The average molecular weight is 280 g/mol. The summed E-state index contributed by atoms with van der Waals surface area (Å²) in [6.07, 6.45) is 1.69. The molecular weight excluding hydrogens is 264 g/mol. The highest BCUT2D eigenvalue weighted by molar-refractivity contribution is 7.14. The lowest BCUT2D eigenvalue weighted by Crippen LogP contribution is -2.18. The normalized spacial score (nSPS) is 10.6. The fourth-order valence-corrected chi connectivity index (χ4v) is 2.35. The molecule has 6 nitrogen and oxygen atoms in total. The predicted molar refractivity (Wildman–Crippen MR) is 73.3 cm³/mol. The van der Waals surface area contributed by atoms with Crippen LogP contribution < -0.4 is 10.1 Å². The van der Waals surface area contributed by atoms with Gasteiger partial charge in [-0.1, -0.05) is 11.3 Å². The maximum Gasteiger partial charge on any atom is 0.223 e. The fraction of sp³-hybridized carbons (Fsp3) is 0.417. The first-order valence-electron chi connectivity index (χ1n) is 5.86. The minimum atomic E-state index is 0.567. The van der Waals surface area contributed by atoms with E-state index in [0.29, 0.717) is 19.0 Å². The highest BCUT2D eigenvalue weighted by atomic mass is 32.1. The Labute approximate surface area is 115 Å². The molecule has 2 aromatic heterocycles. The molecule has 0 spiro atoms. The van der Waals surface area contributed by atoms with Crippen LogP contribution in [-0.4, -0.2) is 42.6 Å². The molecule has 0 aliphatic carbocycles. The number of hydrogen-bond acceptors (Lipinski definition) is 7. The van der Waals surface area contributed by atoms with Crippen molar-refractivity contribution in [1.82, 2.24) is 20.5 Å². The number of methoxy groups -OCH3 is 2. The zero-order valence-electron chi connectivity index (χ0n) is 10.9. The van der Waals surface area contributed by atoms with Crippen molar-refractivity contribution in [2.45, 2.75) is 6.54 Å². The van der Waals surface area contributed by atoms with Crippen molar-refractivity contribution in [3.05, 3.63) is 23.3 Å². The van der Waals surface area contributed by atoms with Gasteiger partial charge in [0.15, 0.2) is 5.01 Å². The Morgan fingerprint density at radius 2 is 2.21 bits per heavy atom. The highest BCUT2D eigenvalue weighted by Crippen LogP contribution is 2.29. The predicted octanol–water partition coefficient (Wildman–Crippen LogP) is 1.34. The number of nitrogens with one attached hydrogen (secondary N) is 1. The maximum absolute atomic E-state index is 5.22. The van der Waals surface area contributed by atoms with Crippen LogP contribution in [0.4, 0.5) is 0 Å². The Bertz CT molecular complexity index is 518. The van der Waals surface area contributed by atoms with E-state index in [1.165, 1.54) is 11.3 Å². The smallest absolute Gasteiger partial charge is 0.223 e. The summed E-state index contributed by atoms with van der Waals surface area (Å²) in [6.45, 7) is 2.16. The Morgan fingerprint density at radius 1 is 1.32 bits per heavy atom. The van der Waals surface area contributed by atoms with Gasteiger partial charge in [0.2, 0.25) is 5.88 Å². The zero-order valence-corrected chi connectivity index (χ0v) is 11.7. The van der Waals surface area contributed by atoms with Gasteiger partial charge >= 0.3 is 0 Å². The molecule has 0 aliphatic rings. The lowest BCUT2D eigenvalue weighted by atomic mass is 10.3. The molecule has 1 N–H and O–H groups in total. The molecule has 0 fully saturated rings. The number of hydrogen-bond donors (Lipinski definition) is 1. The van der Waals surface area contributed by atoms with Crippen molar-refractivity contribution in [1.29, 1.82) is 0 Å². The van der Waals surface area contributed by atoms with E-state index >= 15 is 0 Å². The summed E-state index contributed by atoms with van der Waals surface area (Å²) in [5.74, 6) is 0.567. The molecule has 2 heterocycles. The van der Waals surface area contributed by atoms with E-state index in [1.54, 1.807) is 20.4 Å². The van der Waals surface area contributed by atoms with Crippen LogP contribution in [0.5, 0.6) is 5.88 Å². The van der Waals surface area contributed by atoms with Crippen LogP contribution in [0.15, 0.2) is 18.3 Å². The van der Waals surface area contributed by atoms with E-state index in [4.69, 9.17) is 9.47 Å². The molecule has 0 amide bonds. The van der Waals surface area contributed by atoms with E-state index in [2.05, 4.69) is 20.5 Å². The van der Waals surface area contributed by atoms with Gasteiger partial charge in [0.25, 0.3) is 0 Å². The van der Waals surface area contributed by atoms with Crippen molar-refractivity contribution in [2.24, 2.45) is 0 Å². The molecule has 0 aliphatic heterocycles. The monoisotopic (exact) mass is 280 g/mol. The third-order valence-electron chi connectivity index (χ3n) is 2.42. The topological polar surface area (TPSA) is 69.2 Å². The van der Waals surface area contributed by atoms with E-state index in [-0.39, 0.29) is 0 Å². The molecule has 0 unspecified atom stereocenters. The van der Waals surface area contributed by atoms with Crippen molar-refractivity contribution in [3.8, 4) is 16.5 Å². The lowest BCUT2D eigenvalue weighted by molar-refractivity contribution is 0.199. The standard InChI is InChI=1S/C12H16N4O2S/c1-17-7-6-13-8-10-15-16-12(19-10)9-4-3-5-14-11(9)18-2/h3-5,13H,6-8H2,1-2H3. The molecule has 0 saturated heterocycles. The molecule has 0 saturated carbocycles. The van der Waals surface area contributed by atoms with Crippen LogP contribution in [0.25, 0.3) is 10.6 Å². The largest absolute Gasteiger partial charge is 0.480 e. The number of pyridine rings is 1. The zero-order chi connectivity index (χ0) is 13.5. The first kappa shape index (κ1) is 13.9. The minimum Gasteiger partial charge on any atom is -0.480 e. The van der Waals surface area contributed by atoms with E-state index in [1.807, 2.05) is 12.1 Å². The van der Waals surface area contributed by atoms with Crippen molar-refractivity contribution < 1.29 is 9.47 Å². The molecular formula is C12H16N4O2S. The molecule has 0 bridgehead atoms. The second-order valence-electron chi connectivity index (χ2n) is 3.73. The molecule has 0 radical (unpaired) electrons. The third kappa shape index (κ3) is 3.69. The van der Waals surface area contributed by atoms with Gasteiger partial charge in [-0.15, -0.1) is 10.2 Å². The Hall–Kier alpha value is -1.57. The number of aromatic nitrogens is 3. The third-order valence-corrected chi connectivity index (χ3v) is 3.38. The summed E-state index contributed by atoms with van der Waals surface area (Å²) in [6, 6.07) is 3.78. The number of rotatable bonds is 7. The minimum absolute atomic E-state index is 0.567. The maximum atomic E-state index is 5.22. The number of ether oxygens (including phenoxy) is 2. The summed E-state index contributed by atoms with van der Waals surface area (Å²) >= 11 is 1.53. The van der Waals surface area contributed by atoms with Crippen LogP contribution in [0.2, 0.25) is 0 Å². The highest BCUT2D eigenvalue weighted by Gasteiger charge is 2.11. The first-order chi connectivity index (χ1) is 9.35. The van der Waals surface area contributed by atoms with Gasteiger partial charge in [0.1, 0.15) is 5.01 Å². The summed E-state index contributed by atoms with van der Waals surface area (Å²) in [4.78, 5) is 4.15. The van der Waals surface area contributed by atoms with Crippen LogP contribution >= 0.6 is 11.3 Å². The van der Waals surface area contributed by atoms with Gasteiger partial charge < -0.3 is 14.8 Å². The van der Waals surface area contributed by atoms with Gasteiger partial charge in [-0.3, -0.25) is 0 Å². The van der Waals surface area contributed by atoms with Gasteiger partial charge in [0, 0.05) is 26.4 Å². The van der Waals surface area contributed by atoms with E-state index < -0.39 is 0 Å².